The fourth-order valence-electron chi connectivity index (χ4n) is 1.84. The molecule has 0 amide bonds. The van der Waals surface area contributed by atoms with Gasteiger partial charge in [0, 0.05) is 5.75 Å². The fraction of sp³-hybridized carbons (Fsp3) is 0.533. The molecule has 0 aliphatic carbocycles. The Morgan fingerprint density at radius 2 is 2.05 bits per heavy atom. The van der Waals surface area contributed by atoms with Crippen molar-refractivity contribution < 1.29 is 14.6 Å². The van der Waals surface area contributed by atoms with Gasteiger partial charge in [-0.25, -0.2) is 0 Å². The molecular formula is C15H22O3S. The van der Waals surface area contributed by atoms with E-state index < -0.39 is 5.97 Å². The Bertz CT molecular complexity index is 429. The van der Waals surface area contributed by atoms with Gasteiger partial charge in [-0.15, -0.1) is 11.8 Å². The Morgan fingerprint density at radius 1 is 1.37 bits per heavy atom. The van der Waals surface area contributed by atoms with Crippen LogP contribution in [0.4, 0.5) is 0 Å². The number of thioether (sulfide) groups is 1. The maximum atomic E-state index is 10.6. The van der Waals surface area contributed by atoms with Crippen molar-refractivity contribution in [3.63, 3.8) is 0 Å². The second-order valence-electron chi connectivity index (χ2n) is 4.87. The Hall–Kier alpha value is -1.16. The van der Waals surface area contributed by atoms with E-state index in [1.807, 2.05) is 12.1 Å². The second kappa shape index (κ2) is 7.43. The molecule has 1 atom stereocenters. The zero-order valence-corrected chi connectivity index (χ0v) is 12.8. The molecule has 19 heavy (non-hydrogen) atoms. The van der Waals surface area contributed by atoms with Crippen LogP contribution in [0, 0.1) is 6.92 Å². The summed E-state index contributed by atoms with van der Waals surface area (Å²) < 4.78 is 5.64. The molecule has 1 unspecified atom stereocenters. The standard InChI is InChI=1S/C15H22O3S/c1-10(2)14-6-5-13(9-11(14)3)18-7-8-19-12(4)15(16)17/h5-6,9-10,12H,7-8H2,1-4H3,(H,16,17). The predicted molar refractivity (Wildman–Crippen MR) is 80.3 cm³/mol. The summed E-state index contributed by atoms with van der Waals surface area (Å²) in [7, 11) is 0. The number of aliphatic carboxylic acids is 1. The van der Waals surface area contributed by atoms with Crippen LogP contribution in [-0.2, 0) is 4.79 Å². The van der Waals surface area contributed by atoms with Crippen LogP contribution in [0.5, 0.6) is 5.75 Å². The van der Waals surface area contributed by atoms with E-state index >= 15 is 0 Å². The van der Waals surface area contributed by atoms with Crippen LogP contribution in [0.2, 0.25) is 0 Å². The maximum absolute atomic E-state index is 10.6. The van der Waals surface area contributed by atoms with Crippen molar-refractivity contribution in [2.75, 3.05) is 12.4 Å². The van der Waals surface area contributed by atoms with E-state index in [0.29, 0.717) is 18.3 Å². The van der Waals surface area contributed by atoms with Crippen LogP contribution < -0.4 is 4.74 Å². The Kier molecular flexibility index (Phi) is 6.22. The first-order valence-electron chi connectivity index (χ1n) is 6.49. The third-order valence-corrected chi connectivity index (χ3v) is 4.03. The van der Waals surface area contributed by atoms with Gasteiger partial charge in [0.25, 0.3) is 0 Å². The smallest absolute Gasteiger partial charge is 0.316 e. The zero-order valence-electron chi connectivity index (χ0n) is 12.0. The molecule has 0 spiro atoms. The minimum absolute atomic E-state index is 0.381. The minimum Gasteiger partial charge on any atom is -0.493 e. The topological polar surface area (TPSA) is 46.5 Å². The molecule has 0 aliphatic heterocycles. The number of ether oxygens (including phenoxy) is 1. The first-order valence-corrected chi connectivity index (χ1v) is 7.54. The lowest BCUT2D eigenvalue weighted by molar-refractivity contribution is -0.136. The Labute approximate surface area is 119 Å². The highest BCUT2D eigenvalue weighted by atomic mass is 32.2. The molecule has 1 aromatic carbocycles. The third kappa shape index (κ3) is 5.15. The molecule has 0 heterocycles. The largest absolute Gasteiger partial charge is 0.493 e. The lowest BCUT2D eigenvalue weighted by atomic mass is 9.98. The molecule has 0 bridgehead atoms. The summed E-state index contributed by atoms with van der Waals surface area (Å²) in [6.45, 7) is 8.65. The number of benzene rings is 1. The van der Waals surface area contributed by atoms with E-state index in [1.54, 1.807) is 6.92 Å². The number of carboxylic acid groups (broad SMARTS) is 1. The molecule has 0 aliphatic rings. The molecule has 1 rings (SSSR count). The van der Waals surface area contributed by atoms with Crippen LogP contribution >= 0.6 is 11.8 Å². The Balaban J connectivity index is 2.42. The van der Waals surface area contributed by atoms with E-state index in [4.69, 9.17) is 9.84 Å². The van der Waals surface area contributed by atoms with E-state index in [-0.39, 0.29) is 5.25 Å². The summed E-state index contributed by atoms with van der Waals surface area (Å²) >= 11 is 1.39. The number of aryl methyl sites for hydroxylation is 1. The lowest BCUT2D eigenvalue weighted by Crippen LogP contribution is -2.14. The summed E-state index contributed by atoms with van der Waals surface area (Å²) in [6, 6.07) is 6.12. The van der Waals surface area contributed by atoms with Crippen molar-refractivity contribution in [1.82, 2.24) is 0 Å². The van der Waals surface area contributed by atoms with Gasteiger partial charge in [0.1, 0.15) is 5.75 Å². The first kappa shape index (κ1) is 15.9. The molecule has 1 N–H and O–H groups in total. The molecule has 0 fully saturated rings. The molecular weight excluding hydrogens is 260 g/mol. The number of carboxylic acids is 1. The zero-order chi connectivity index (χ0) is 14.4. The minimum atomic E-state index is -0.776. The van der Waals surface area contributed by atoms with Crippen molar-refractivity contribution in [2.24, 2.45) is 0 Å². The highest BCUT2D eigenvalue weighted by Gasteiger charge is 2.10. The van der Waals surface area contributed by atoms with Crippen LogP contribution in [0.3, 0.4) is 0 Å². The van der Waals surface area contributed by atoms with E-state index in [2.05, 4.69) is 26.8 Å². The summed E-state index contributed by atoms with van der Waals surface area (Å²) in [6.07, 6.45) is 0. The van der Waals surface area contributed by atoms with Crippen LogP contribution in [0.15, 0.2) is 18.2 Å². The summed E-state index contributed by atoms with van der Waals surface area (Å²) in [5.74, 6) is 1.27. The van der Waals surface area contributed by atoms with Gasteiger partial charge in [0.15, 0.2) is 0 Å². The van der Waals surface area contributed by atoms with Gasteiger partial charge in [-0.3, -0.25) is 4.79 Å². The van der Waals surface area contributed by atoms with Crippen molar-refractivity contribution in [3.05, 3.63) is 29.3 Å². The van der Waals surface area contributed by atoms with Gasteiger partial charge in [-0.05, 0) is 43.0 Å². The maximum Gasteiger partial charge on any atom is 0.316 e. The average molecular weight is 282 g/mol. The molecule has 0 radical (unpaired) electrons. The van der Waals surface area contributed by atoms with Gasteiger partial charge < -0.3 is 9.84 Å². The van der Waals surface area contributed by atoms with Gasteiger partial charge in [0.2, 0.25) is 0 Å². The normalized spacial score (nSPS) is 12.5. The summed E-state index contributed by atoms with van der Waals surface area (Å²) in [5.41, 5.74) is 2.57. The molecule has 4 heteroatoms. The average Bonchev–Trinajstić information content (AvgIpc) is 2.33. The van der Waals surface area contributed by atoms with Crippen LogP contribution in [-0.4, -0.2) is 28.7 Å². The third-order valence-electron chi connectivity index (χ3n) is 2.93. The predicted octanol–water partition coefficient (Wildman–Crippen LogP) is 3.70. The SMILES string of the molecule is Cc1cc(OCCSC(C)C(=O)O)ccc1C(C)C. The summed E-state index contributed by atoms with van der Waals surface area (Å²) in [5, 5.41) is 8.37. The number of carbonyl (C=O) groups is 1. The van der Waals surface area contributed by atoms with Gasteiger partial charge in [0.05, 0.1) is 11.9 Å². The molecule has 1 aromatic rings. The van der Waals surface area contributed by atoms with Crippen molar-refractivity contribution >= 4 is 17.7 Å². The van der Waals surface area contributed by atoms with Crippen LogP contribution in [0.25, 0.3) is 0 Å². The second-order valence-corrected chi connectivity index (χ2v) is 6.32. The van der Waals surface area contributed by atoms with Gasteiger partial charge in [-0.2, -0.15) is 0 Å². The van der Waals surface area contributed by atoms with E-state index in [1.165, 1.54) is 22.9 Å². The monoisotopic (exact) mass is 282 g/mol. The highest BCUT2D eigenvalue weighted by molar-refractivity contribution is 8.00. The van der Waals surface area contributed by atoms with Crippen LogP contribution in [0.1, 0.15) is 37.8 Å². The number of hydrogen-bond acceptors (Lipinski definition) is 3. The number of rotatable bonds is 7. The van der Waals surface area contributed by atoms with Gasteiger partial charge in [-0.1, -0.05) is 19.9 Å². The van der Waals surface area contributed by atoms with E-state index in [0.717, 1.165) is 5.75 Å². The van der Waals surface area contributed by atoms with Crippen molar-refractivity contribution in [2.45, 2.75) is 38.9 Å². The first-order chi connectivity index (χ1) is 8.91. The highest BCUT2D eigenvalue weighted by Crippen LogP contribution is 2.23. The van der Waals surface area contributed by atoms with Crippen molar-refractivity contribution in [3.8, 4) is 5.75 Å². The molecule has 0 aromatic heterocycles. The molecule has 0 saturated heterocycles. The Morgan fingerprint density at radius 3 is 2.58 bits per heavy atom. The molecule has 3 nitrogen and oxygen atoms in total. The van der Waals surface area contributed by atoms with Crippen molar-refractivity contribution in [1.29, 1.82) is 0 Å². The van der Waals surface area contributed by atoms with Gasteiger partial charge >= 0.3 is 5.97 Å². The number of hydrogen-bond donors (Lipinski definition) is 1. The quantitative estimate of drug-likeness (QED) is 0.775. The molecule has 106 valence electrons. The molecule has 0 saturated carbocycles. The van der Waals surface area contributed by atoms with E-state index in [9.17, 15) is 4.79 Å². The lowest BCUT2D eigenvalue weighted by Gasteiger charge is -2.12. The fourth-order valence-corrected chi connectivity index (χ4v) is 2.52. The summed E-state index contributed by atoms with van der Waals surface area (Å²) in [4.78, 5) is 10.6.